The highest BCUT2D eigenvalue weighted by Crippen LogP contribution is 2.03. The van der Waals surface area contributed by atoms with E-state index in [1.54, 1.807) is 0 Å². The summed E-state index contributed by atoms with van der Waals surface area (Å²) in [7, 11) is 0. The molecule has 0 fully saturated rings. The summed E-state index contributed by atoms with van der Waals surface area (Å²) in [5.74, 6) is 0. The molecular formula is C15H24N2O. The maximum atomic E-state index is 11.6. The van der Waals surface area contributed by atoms with Gasteiger partial charge in [0.15, 0.2) is 0 Å². The molecule has 1 aromatic rings. The molecule has 100 valence electrons. The number of carbonyl (C=O) groups is 1. The Hall–Kier alpha value is -1.51. The number of urea groups is 1. The fourth-order valence-corrected chi connectivity index (χ4v) is 1.80. The van der Waals surface area contributed by atoms with Crippen LogP contribution < -0.4 is 10.6 Å². The Morgan fingerprint density at radius 3 is 2.33 bits per heavy atom. The van der Waals surface area contributed by atoms with Gasteiger partial charge in [-0.3, -0.25) is 0 Å². The highest BCUT2D eigenvalue weighted by molar-refractivity contribution is 5.74. The van der Waals surface area contributed by atoms with Gasteiger partial charge in [-0.15, -0.1) is 0 Å². The predicted molar refractivity (Wildman–Crippen MR) is 75.8 cm³/mol. The zero-order valence-electron chi connectivity index (χ0n) is 11.6. The van der Waals surface area contributed by atoms with Crippen molar-refractivity contribution in [1.29, 1.82) is 0 Å². The Kier molecular flexibility index (Phi) is 6.26. The molecule has 0 spiro atoms. The fourth-order valence-electron chi connectivity index (χ4n) is 1.80. The first-order valence-electron chi connectivity index (χ1n) is 6.75. The number of rotatable bonds is 6. The zero-order chi connectivity index (χ0) is 13.4. The number of amides is 2. The number of carbonyl (C=O) groups excluding carboxylic acids is 1. The van der Waals surface area contributed by atoms with Crippen molar-refractivity contribution in [3.8, 4) is 0 Å². The summed E-state index contributed by atoms with van der Waals surface area (Å²) in [6.45, 7) is 6.92. The average Bonchev–Trinajstić information content (AvgIpc) is 2.38. The maximum absolute atomic E-state index is 11.6. The molecule has 0 unspecified atom stereocenters. The molecule has 0 radical (unpaired) electrons. The standard InChI is InChI=1S/C15H24N2O/c1-4-14(5-2)17-15(18)16-11-10-13-8-6-12(3)7-9-13/h6-9,14H,4-5,10-11H2,1-3H3,(H2,16,17,18). The van der Waals surface area contributed by atoms with Crippen LogP contribution in [0.25, 0.3) is 0 Å². The molecule has 0 aromatic heterocycles. The van der Waals surface area contributed by atoms with Gasteiger partial charge in [0.2, 0.25) is 0 Å². The lowest BCUT2D eigenvalue weighted by molar-refractivity contribution is 0.236. The van der Waals surface area contributed by atoms with Gasteiger partial charge in [-0.25, -0.2) is 4.79 Å². The molecule has 2 amide bonds. The lowest BCUT2D eigenvalue weighted by atomic mass is 10.1. The van der Waals surface area contributed by atoms with E-state index in [1.807, 2.05) is 0 Å². The third kappa shape index (κ3) is 5.21. The summed E-state index contributed by atoms with van der Waals surface area (Å²) in [6, 6.07) is 8.63. The molecule has 3 nitrogen and oxygen atoms in total. The van der Waals surface area contributed by atoms with Crippen LogP contribution in [0.5, 0.6) is 0 Å². The van der Waals surface area contributed by atoms with Crippen LogP contribution in [0.3, 0.4) is 0 Å². The predicted octanol–water partition coefficient (Wildman–Crippen LogP) is 3.03. The third-order valence-corrected chi connectivity index (χ3v) is 3.14. The van der Waals surface area contributed by atoms with Gasteiger partial charge in [0, 0.05) is 12.6 Å². The monoisotopic (exact) mass is 248 g/mol. The van der Waals surface area contributed by atoms with Gasteiger partial charge < -0.3 is 10.6 Å². The molecule has 0 saturated carbocycles. The summed E-state index contributed by atoms with van der Waals surface area (Å²) in [5, 5.41) is 5.86. The second-order valence-electron chi connectivity index (χ2n) is 4.65. The highest BCUT2D eigenvalue weighted by Gasteiger charge is 2.06. The molecule has 1 aromatic carbocycles. The van der Waals surface area contributed by atoms with Crippen LogP contribution in [0.2, 0.25) is 0 Å². The third-order valence-electron chi connectivity index (χ3n) is 3.14. The van der Waals surface area contributed by atoms with Crippen molar-refractivity contribution in [2.24, 2.45) is 0 Å². The number of aryl methyl sites for hydroxylation is 1. The summed E-state index contributed by atoms with van der Waals surface area (Å²) in [6.07, 6.45) is 2.82. The van der Waals surface area contributed by atoms with E-state index in [2.05, 4.69) is 55.7 Å². The summed E-state index contributed by atoms with van der Waals surface area (Å²) >= 11 is 0. The van der Waals surface area contributed by atoms with Gasteiger partial charge in [0.05, 0.1) is 0 Å². The number of benzene rings is 1. The molecule has 0 atom stereocenters. The van der Waals surface area contributed by atoms with Gasteiger partial charge in [-0.05, 0) is 31.7 Å². The smallest absolute Gasteiger partial charge is 0.315 e. The Labute approximate surface area is 110 Å². The van der Waals surface area contributed by atoms with Crippen molar-refractivity contribution < 1.29 is 4.79 Å². The van der Waals surface area contributed by atoms with Crippen LogP contribution in [-0.2, 0) is 6.42 Å². The van der Waals surface area contributed by atoms with Crippen molar-refractivity contribution in [2.75, 3.05) is 6.54 Å². The Morgan fingerprint density at radius 1 is 1.17 bits per heavy atom. The molecule has 0 aliphatic heterocycles. The lowest BCUT2D eigenvalue weighted by Crippen LogP contribution is -2.42. The van der Waals surface area contributed by atoms with E-state index in [9.17, 15) is 4.79 Å². The maximum Gasteiger partial charge on any atom is 0.315 e. The first-order valence-corrected chi connectivity index (χ1v) is 6.75. The number of nitrogens with one attached hydrogen (secondary N) is 2. The molecule has 1 rings (SSSR count). The van der Waals surface area contributed by atoms with Crippen molar-refractivity contribution in [2.45, 2.75) is 46.1 Å². The Balaban J connectivity index is 2.25. The largest absolute Gasteiger partial charge is 0.338 e. The molecule has 18 heavy (non-hydrogen) atoms. The van der Waals surface area contributed by atoms with Crippen LogP contribution in [0.4, 0.5) is 4.79 Å². The van der Waals surface area contributed by atoms with Gasteiger partial charge in [0.25, 0.3) is 0 Å². The topological polar surface area (TPSA) is 41.1 Å². The van der Waals surface area contributed by atoms with Crippen molar-refractivity contribution in [3.63, 3.8) is 0 Å². The first kappa shape index (κ1) is 14.6. The molecule has 2 N–H and O–H groups in total. The minimum atomic E-state index is -0.0594. The minimum absolute atomic E-state index is 0.0594. The van der Waals surface area contributed by atoms with Crippen molar-refractivity contribution >= 4 is 6.03 Å². The normalized spacial score (nSPS) is 10.4. The number of hydrogen-bond donors (Lipinski definition) is 2. The van der Waals surface area contributed by atoms with Crippen LogP contribution in [0.15, 0.2) is 24.3 Å². The van der Waals surface area contributed by atoms with E-state index in [0.717, 1.165) is 19.3 Å². The lowest BCUT2D eigenvalue weighted by Gasteiger charge is -2.15. The fraction of sp³-hybridized carbons (Fsp3) is 0.533. The zero-order valence-corrected chi connectivity index (χ0v) is 11.6. The second-order valence-corrected chi connectivity index (χ2v) is 4.65. The van der Waals surface area contributed by atoms with Crippen LogP contribution in [0, 0.1) is 6.92 Å². The summed E-state index contributed by atoms with van der Waals surface area (Å²) in [4.78, 5) is 11.6. The van der Waals surface area contributed by atoms with Crippen molar-refractivity contribution in [1.82, 2.24) is 10.6 Å². The average molecular weight is 248 g/mol. The quantitative estimate of drug-likeness (QED) is 0.798. The molecule has 0 aliphatic carbocycles. The van der Waals surface area contributed by atoms with Gasteiger partial charge in [-0.1, -0.05) is 43.7 Å². The van der Waals surface area contributed by atoms with Gasteiger partial charge in [0.1, 0.15) is 0 Å². The molecule has 0 bridgehead atoms. The molecule has 0 saturated heterocycles. The second kappa shape index (κ2) is 7.75. The summed E-state index contributed by atoms with van der Waals surface area (Å²) < 4.78 is 0. The number of hydrogen-bond acceptors (Lipinski definition) is 1. The van der Waals surface area contributed by atoms with E-state index >= 15 is 0 Å². The van der Waals surface area contributed by atoms with Crippen molar-refractivity contribution in [3.05, 3.63) is 35.4 Å². The first-order chi connectivity index (χ1) is 8.65. The molecule has 0 heterocycles. The Morgan fingerprint density at radius 2 is 1.78 bits per heavy atom. The molecular weight excluding hydrogens is 224 g/mol. The Bertz CT molecular complexity index is 355. The van der Waals surface area contributed by atoms with E-state index < -0.39 is 0 Å². The van der Waals surface area contributed by atoms with E-state index in [0.29, 0.717) is 6.54 Å². The molecule has 0 aliphatic rings. The van der Waals surface area contributed by atoms with E-state index in [-0.39, 0.29) is 12.1 Å². The molecule has 3 heteroatoms. The van der Waals surface area contributed by atoms with Crippen LogP contribution >= 0.6 is 0 Å². The van der Waals surface area contributed by atoms with Crippen LogP contribution in [-0.4, -0.2) is 18.6 Å². The van der Waals surface area contributed by atoms with E-state index in [1.165, 1.54) is 11.1 Å². The highest BCUT2D eigenvalue weighted by atomic mass is 16.2. The van der Waals surface area contributed by atoms with E-state index in [4.69, 9.17) is 0 Å². The van der Waals surface area contributed by atoms with Gasteiger partial charge >= 0.3 is 6.03 Å². The van der Waals surface area contributed by atoms with Crippen LogP contribution in [0.1, 0.15) is 37.8 Å². The summed E-state index contributed by atoms with van der Waals surface area (Å²) in [5.41, 5.74) is 2.52. The SMILES string of the molecule is CCC(CC)NC(=O)NCCc1ccc(C)cc1. The minimum Gasteiger partial charge on any atom is -0.338 e. The van der Waals surface area contributed by atoms with Gasteiger partial charge in [-0.2, -0.15) is 0 Å².